The van der Waals surface area contributed by atoms with Gasteiger partial charge in [-0.15, -0.1) is 5.10 Å². The van der Waals surface area contributed by atoms with Crippen molar-refractivity contribution in [2.45, 2.75) is 43.6 Å². The summed E-state index contributed by atoms with van der Waals surface area (Å²) in [6.45, 7) is 4.28. The number of rotatable bonds is 8. The molecule has 0 fully saturated rings. The van der Waals surface area contributed by atoms with Crippen LogP contribution in [0.2, 0.25) is 0 Å². The van der Waals surface area contributed by atoms with Gasteiger partial charge >= 0.3 is 5.97 Å². The number of carbonyl (C=O) groups is 1. The maximum absolute atomic E-state index is 13.0. The number of allylic oxidation sites excluding steroid dienone is 1. The molecule has 1 unspecified atom stereocenters. The molecule has 7 nitrogen and oxygen atoms in total. The van der Waals surface area contributed by atoms with E-state index in [1.54, 1.807) is 10.7 Å². The van der Waals surface area contributed by atoms with E-state index in [1.165, 1.54) is 17.3 Å². The molecule has 0 aliphatic carbocycles. The Hall–Kier alpha value is -2.52. The molecule has 3 aromatic rings. The second-order valence-electron chi connectivity index (χ2n) is 7.13. The molecule has 0 saturated carbocycles. The molecule has 1 N–H and O–H groups in total. The van der Waals surface area contributed by atoms with E-state index in [2.05, 4.69) is 50.4 Å². The van der Waals surface area contributed by atoms with Crippen molar-refractivity contribution in [3.05, 3.63) is 69.7 Å². The Morgan fingerprint density at radius 1 is 1.29 bits per heavy atom. The van der Waals surface area contributed by atoms with Gasteiger partial charge in [0.1, 0.15) is 11.8 Å². The van der Waals surface area contributed by atoms with Gasteiger partial charge < -0.3 is 14.5 Å². The number of unbranched alkanes of at least 4 members (excludes halogenated alkanes) is 1. The number of thioether (sulfide) groups is 1. The van der Waals surface area contributed by atoms with E-state index in [0.29, 0.717) is 39.4 Å². The molecule has 1 aromatic carbocycles. The van der Waals surface area contributed by atoms with E-state index < -0.39 is 6.04 Å². The smallest absolute Gasteiger partial charge is 0.338 e. The summed E-state index contributed by atoms with van der Waals surface area (Å²) in [5.74, 6) is 1.52. The molecule has 1 atom stereocenters. The van der Waals surface area contributed by atoms with Crippen LogP contribution < -0.4 is 5.32 Å². The summed E-state index contributed by atoms with van der Waals surface area (Å²) in [5, 5.41) is 8.51. The molecule has 0 saturated heterocycles. The maximum Gasteiger partial charge on any atom is 0.338 e. The van der Waals surface area contributed by atoms with Gasteiger partial charge in [-0.1, -0.05) is 55.4 Å². The molecule has 31 heavy (non-hydrogen) atoms. The van der Waals surface area contributed by atoms with E-state index >= 15 is 0 Å². The van der Waals surface area contributed by atoms with Crippen LogP contribution in [-0.2, 0) is 15.3 Å². The largest absolute Gasteiger partial charge is 0.462 e. The lowest BCUT2D eigenvalue weighted by Gasteiger charge is -2.26. The number of hydrogen-bond donors (Lipinski definition) is 1. The van der Waals surface area contributed by atoms with E-state index in [-0.39, 0.29) is 5.97 Å². The van der Waals surface area contributed by atoms with Crippen molar-refractivity contribution in [3.8, 4) is 0 Å². The number of esters is 1. The van der Waals surface area contributed by atoms with Crippen LogP contribution in [0.15, 0.2) is 68.0 Å². The lowest BCUT2D eigenvalue weighted by molar-refractivity contribution is -0.139. The fraction of sp³-hybridized carbons (Fsp3) is 0.318. The van der Waals surface area contributed by atoms with Crippen molar-refractivity contribution >= 4 is 39.6 Å². The Morgan fingerprint density at radius 3 is 2.81 bits per heavy atom. The fourth-order valence-corrected chi connectivity index (χ4v) is 4.41. The summed E-state index contributed by atoms with van der Waals surface area (Å²) in [7, 11) is 0. The van der Waals surface area contributed by atoms with E-state index in [9.17, 15) is 4.79 Å². The summed E-state index contributed by atoms with van der Waals surface area (Å²) >= 11 is 4.89. The molecule has 0 amide bonds. The Labute approximate surface area is 193 Å². The van der Waals surface area contributed by atoms with E-state index in [4.69, 9.17) is 9.15 Å². The number of nitrogens with zero attached hydrogens (tertiary/aromatic N) is 3. The Kier molecular flexibility index (Phi) is 6.82. The molecule has 2 aromatic heterocycles. The second-order valence-corrected chi connectivity index (χ2v) is 8.86. The Bertz CT molecular complexity index is 1090. The standard InChI is InChI=1S/C22H23BrN4O3S/c1-3-4-12-29-20(28)18-14(2)24-21-25-22(31-13-15-8-6-5-7-9-15)26-27(21)19(18)16-10-11-17(23)30-16/h5-11,19H,3-4,12-13H2,1-2H3,(H,24,25,26). The summed E-state index contributed by atoms with van der Waals surface area (Å²) < 4.78 is 13.6. The normalized spacial score (nSPS) is 15.5. The lowest BCUT2D eigenvalue weighted by atomic mass is 10.0. The summed E-state index contributed by atoms with van der Waals surface area (Å²) in [5.41, 5.74) is 2.34. The average molecular weight is 503 g/mol. The van der Waals surface area contributed by atoms with Crippen LogP contribution in [0.5, 0.6) is 0 Å². The van der Waals surface area contributed by atoms with Crippen molar-refractivity contribution in [1.82, 2.24) is 14.8 Å². The topological polar surface area (TPSA) is 82.2 Å². The minimum atomic E-state index is -0.560. The van der Waals surface area contributed by atoms with Crippen molar-refractivity contribution < 1.29 is 13.9 Å². The molecular formula is C22H23BrN4O3S. The van der Waals surface area contributed by atoms with Gasteiger partial charge in [-0.3, -0.25) is 0 Å². The first kappa shape index (κ1) is 21.7. The highest BCUT2D eigenvalue weighted by Gasteiger charge is 2.37. The monoisotopic (exact) mass is 502 g/mol. The number of furan rings is 1. The third kappa shape index (κ3) is 4.88. The molecule has 1 aliphatic heterocycles. The predicted molar refractivity (Wildman–Crippen MR) is 123 cm³/mol. The van der Waals surface area contributed by atoms with Crippen molar-refractivity contribution in [2.24, 2.45) is 0 Å². The Morgan fingerprint density at radius 2 is 2.10 bits per heavy atom. The van der Waals surface area contributed by atoms with Crippen molar-refractivity contribution in [3.63, 3.8) is 0 Å². The highest BCUT2D eigenvalue weighted by atomic mass is 79.9. The van der Waals surface area contributed by atoms with Crippen LogP contribution in [0, 0.1) is 0 Å². The zero-order valence-corrected chi connectivity index (χ0v) is 19.7. The number of benzene rings is 1. The van der Waals surface area contributed by atoms with Crippen LogP contribution in [0.4, 0.5) is 5.95 Å². The third-order valence-electron chi connectivity index (χ3n) is 4.86. The zero-order chi connectivity index (χ0) is 21.8. The van der Waals surface area contributed by atoms with E-state index in [1.807, 2.05) is 31.2 Å². The van der Waals surface area contributed by atoms with Gasteiger partial charge in [-0.2, -0.15) is 4.98 Å². The van der Waals surface area contributed by atoms with Crippen LogP contribution in [0.25, 0.3) is 0 Å². The lowest BCUT2D eigenvalue weighted by Crippen LogP contribution is -2.29. The highest BCUT2D eigenvalue weighted by molar-refractivity contribution is 9.10. The number of ether oxygens (including phenoxy) is 1. The molecule has 0 spiro atoms. The number of fused-ring (bicyclic) bond motifs is 1. The van der Waals surface area contributed by atoms with Gasteiger partial charge in [0.2, 0.25) is 11.1 Å². The van der Waals surface area contributed by atoms with Gasteiger partial charge in [0.05, 0.1) is 12.2 Å². The predicted octanol–water partition coefficient (Wildman–Crippen LogP) is 5.56. The molecule has 9 heteroatoms. The molecule has 162 valence electrons. The molecule has 4 rings (SSSR count). The Balaban J connectivity index is 1.64. The quantitative estimate of drug-likeness (QED) is 0.245. The number of aromatic nitrogens is 3. The van der Waals surface area contributed by atoms with Gasteiger partial charge in [-0.25, -0.2) is 9.48 Å². The average Bonchev–Trinajstić information content (AvgIpc) is 3.37. The van der Waals surface area contributed by atoms with Crippen LogP contribution in [0.1, 0.15) is 44.1 Å². The van der Waals surface area contributed by atoms with Crippen molar-refractivity contribution in [2.75, 3.05) is 11.9 Å². The van der Waals surface area contributed by atoms with Gasteiger partial charge in [-0.05, 0) is 47.0 Å². The highest BCUT2D eigenvalue weighted by Crippen LogP contribution is 2.38. The number of hydrogen-bond acceptors (Lipinski definition) is 7. The first-order valence-corrected chi connectivity index (χ1v) is 11.9. The molecule has 3 heterocycles. The van der Waals surface area contributed by atoms with E-state index in [0.717, 1.165) is 18.6 Å². The van der Waals surface area contributed by atoms with Gasteiger partial charge in [0.25, 0.3) is 0 Å². The summed E-state index contributed by atoms with van der Waals surface area (Å²) in [6, 6.07) is 13.2. The summed E-state index contributed by atoms with van der Waals surface area (Å²) in [6.07, 6.45) is 1.77. The number of halogens is 1. The molecule has 0 bridgehead atoms. The fourth-order valence-electron chi connectivity index (χ4n) is 3.30. The SMILES string of the molecule is CCCCOC(=O)C1=C(C)Nc2nc(SCc3ccccc3)nn2C1c1ccc(Br)o1. The second kappa shape index (κ2) is 9.74. The zero-order valence-electron chi connectivity index (χ0n) is 17.3. The number of anilines is 1. The maximum atomic E-state index is 13.0. The van der Waals surface area contributed by atoms with Gasteiger partial charge in [0, 0.05) is 11.4 Å². The molecular weight excluding hydrogens is 480 g/mol. The van der Waals surface area contributed by atoms with Crippen LogP contribution >= 0.6 is 27.7 Å². The van der Waals surface area contributed by atoms with Gasteiger partial charge in [0.15, 0.2) is 4.67 Å². The number of carbonyl (C=O) groups excluding carboxylic acids is 1. The molecule has 0 radical (unpaired) electrons. The van der Waals surface area contributed by atoms with Crippen LogP contribution in [-0.4, -0.2) is 27.3 Å². The van der Waals surface area contributed by atoms with Crippen LogP contribution in [0.3, 0.4) is 0 Å². The first-order valence-electron chi connectivity index (χ1n) is 10.1. The third-order valence-corrected chi connectivity index (χ3v) is 6.19. The molecule has 1 aliphatic rings. The number of nitrogens with one attached hydrogen (secondary N) is 1. The minimum absolute atomic E-state index is 0.378. The van der Waals surface area contributed by atoms with Crippen molar-refractivity contribution in [1.29, 1.82) is 0 Å². The minimum Gasteiger partial charge on any atom is -0.462 e. The first-order chi connectivity index (χ1) is 15.1. The summed E-state index contributed by atoms with van der Waals surface area (Å²) in [4.78, 5) is 17.6.